The third kappa shape index (κ3) is 1.65. The van der Waals surface area contributed by atoms with Crippen LogP contribution in [0.3, 0.4) is 0 Å². The summed E-state index contributed by atoms with van der Waals surface area (Å²) >= 11 is 0. The van der Waals surface area contributed by atoms with Crippen molar-refractivity contribution in [1.29, 1.82) is 0 Å². The Morgan fingerprint density at radius 1 is 1.25 bits per heavy atom. The second-order valence-corrected chi connectivity index (χ2v) is 3.55. The molecule has 0 aliphatic rings. The number of nitrogens with two attached hydrogens (primary N) is 2. The molecule has 0 unspecified atom stereocenters. The zero-order chi connectivity index (χ0) is 9.35. The molecule has 0 aromatic heterocycles. The third-order valence-corrected chi connectivity index (χ3v) is 2.19. The van der Waals surface area contributed by atoms with Crippen LogP contribution < -0.4 is 11.5 Å². The molecule has 0 radical (unpaired) electrons. The van der Waals surface area contributed by atoms with Gasteiger partial charge in [-0.25, -0.2) is 0 Å². The van der Waals surface area contributed by atoms with Gasteiger partial charge in [0.2, 0.25) is 0 Å². The number of rotatable bonds is 1. The zero-order valence-electron chi connectivity index (χ0n) is 5.99. The van der Waals surface area contributed by atoms with Crippen LogP contribution in [0.1, 0.15) is 0 Å². The fourth-order valence-electron chi connectivity index (χ4n) is 0.789. The minimum atomic E-state index is -4.73. The largest absolute Gasteiger partial charge is 0.399 e. The first-order valence-corrected chi connectivity index (χ1v) is 4.39. The van der Waals surface area contributed by atoms with Crippen LogP contribution in [0, 0.1) is 0 Å². The van der Waals surface area contributed by atoms with Crippen molar-refractivity contribution in [3.8, 4) is 0 Å². The summed E-state index contributed by atoms with van der Waals surface area (Å²) < 4.78 is 33.1. The normalized spacial score (nSPS) is 11.4. The van der Waals surface area contributed by atoms with Crippen molar-refractivity contribution in [3.05, 3.63) is 18.2 Å². The van der Waals surface area contributed by atoms with Crippen LogP contribution >= 0.6 is 0 Å². The highest BCUT2D eigenvalue weighted by Gasteiger charge is 2.14. The van der Waals surface area contributed by atoms with E-state index < -0.39 is 15.1 Å². The number of hydrogen-bond donors (Lipinski definition) is 2. The molecule has 0 heterocycles. The molecule has 0 atom stereocenters. The van der Waals surface area contributed by atoms with Gasteiger partial charge in [0.05, 0.1) is 5.69 Å². The number of nitrogen functional groups attached to an aromatic ring is 2. The van der Waals surface area contributed by atoms with E-state index in [1.807, 2.05) is 0 Å². The Hall–Kier alpha value is -1.30. The molecule has 0 fully saturated rings. The maximum Gasteiger partial charge on any atom is 0.334 e. The van der Waals surface area contributed by atoms with Crippen molar-refractivity contribution in [2.75, 3.05) is 11.5 Å². The van der Waals surface area contributed by atoms with Gasteiger partial charge in [-0.2, -0.15) is 8.42 Å². The summed E-state index contributed by atoms with van der Waals surface area (Å²) in [5, 5.41) is 0. The molecule has 0 saturated carbocycles. The van der Waals surface area contributed by atoms with E-state index in [-0.39, 0.29) is 5.69 Å². The van der Waals surface area contributed by atoms with Crippen LogP contribution in [0.25, 0.3) is 0 Å². The van der Waals surface area contributed by atoms with Crippen LogP contribution in [0.4, 0.5) is 15.3 Å². The van der Waals surface area contributed by atoms with Gasteiger partial charge in [0.25, 0.3) is 0 Å². The molecule has 1 aromatic rings. The van der Waals surface area contributed by atoms with E-state index in [1.54, 1.807) is 0 Å². The van der Waals surface area contributed by atoms with Crippen LogP contribution in [-0.2, 0) is 10.2 Å². The fourth-order valence-corrected chi connectivity index (χ4v) is 1.36. The van der Waals surface area contributed by atoms with Gasteiger partial charge in [-0.05, 0) is 18.2 Å². The quantitative estimate of drug-likeness (QED) is 0.499. The highest BCUT2D eigenvalue weighted by atomic mass is 32.3. The Morgan fingerprint density at radius 2 is 1.83 bits per heavy atom. The molecule has 0 saturated heterocycles. The SMILES string of the molecule is Nc1ccc(S(=O)(=O)F)c(N)c1. The Bertz CT molecular complexity index is 402. The van der Waals surface area contributed by atoms with Gasteiger partial charge in [0.1, 0.15) is 4.90 Å². The first kappa shape index (κ1) is 8.79. The molecule has 66 valence electrons. The number of anilines is 2. The summed E-state index contributed by atoms with van der Waals surface area (Å²) in [6.45, 7) is 0. The van der Waals surface area contributed by atoms with E-state index in [9.17, 15) is 12.3 Å². The van der Waals surface area contributed by atoms with E-state index >= 15 is 0 Å². The maximum absolute atomic E-state index is 12.4. The number of hydrogen-bond acceptors (Lipinski definition) is 4. The molecule has 4 nitrogen and oxygen atoms in total. The summed E-state index contributed by atoms with van der Waals surface area (Å²) in [6.07, 6.45) is 0. The van der Waals surface area contributed by atoms with Crippen LogP contribution in [0.2, 0.25) is 0 Å². The summed E-state index contributed by atoms with van der Waals surface area (Å²) in [6, 6.07) is 3.48. The molecule has 6 heteroatoms. The predicted octanol–water partition coefficient (Wildman–Crippen LogP) is 0.509. The first-order valence-electron chi connectivity index (χ1n) is 3.01. The first-order chi connectivity index (χ1) is 5.41. The minimum Gasteiger partial charge on any atom is -0.399 e. The molecular weight excluding hydrogens is 183 g/mol. The topological polar surface area (TPSA) is 86.2 Å². The lowest BCUT2D eigenvalue weighted by Crippen LogP contribution is -1.99. The monoisotopic (exact) mass is 190 g/mol. The predicted molar refractivity (Wildman–Crippen MR) is 43.6 cm³/mol. The van der Waals surface area contributed by atoms with Gasteiger partial charge in [-0.1, -0.05) is 0 Å². The summed E-state index contributed by atoms with van der Waals surface area (Å²) in [4.78, 5) is -0.545. The van der Waals surface area contributed by atoms with Crippen LogP contribution in [0.15, 0.2) is 23.1 Å². The molecule has 0 amide bonds. The van der Waals surface area contributed by atoms with Crippen molar-refractivity contribution in [1.82, 2.24) is 0 Å². The molecule has 0 aliphatic carbocycles. The number of halogens is 1. The van der Waals surface area contributed by atoms with Crippen molar-refractivity contribution in [2.45, 2.75) is 4.90 Å². The highest BCUT2D eigenvalue weighted by Crippen LogP contribution is 2.22. The molecule has 0 aliphatic heterocycles. The maximum atomic E-state index is 12.4. The van der Waals surface area contributed by atoms with Crippen LogP contribution in [-0.4, -0.2) is 8.42 Å². The Balaban J connectivity index is 3.39. The molecule has 0 spiro atoms. The minimum absolute atomic E-state index is 0.183. The molecule has 12 heavy (non-hydrogen) atoms. The van der Waals surface area contributed by atoms with Gasteiger partial charge in [-0.3, -0.25) is 0 Å². The standard InChI is InChI=1S/C6H7FN2O2S/c7-12(10,11)6-2-1-4(8)3-5(6)9/h1-3H,8-9H2. The van der Waals surface area contributed by atoms with E-state index in [1.165, 1.54) is 12.1 Å². The van der Waals surface area contributed by atoms with Crippen molar-refractivity contribution >= 4 is 21.6 Å². The third-order valence-electron chi connectivity index (χ3n) is 1.30. The summed E-state index contributed by atoms with van der Waals surface area (Å²) in [5.41, 5.74) is 10.6. The second-order valence-electron chi connectivity index (χ2n) is 2.24. The van der Waals surface area contributed by atoms with Crippen molar-refractivity contribution in [3.63, 3.8) is 0 Å². The summed E-state index contributed by atoms with van der Waals surface area (Å²) in [7, 11) is -4.73. The van der Waals surface area contributed by atoms with Crippen LogP contribution in [0.5, 0.6) is 0 Å². The molecular formula is C6H7FN2O2S. The van der Waals surface area contributed by atoms with E-state index in [0.717, 1.165) is 6.07 Å². The van der Waals surface area contributed by atoms with Gasteiger partial charge in [0, 0.05) is 5.69 Å². The highest BCUT2D eigenvalue weighted by molar-refractivity contribution is 7.86. The smallest absolute Gasteiger partial charge is 0.334 e. The molecule has 1 aromatic carbocycles. The van der Waals surface area contributed by atoms with E-state index in [4.69, 9.17) is 11.5 Å². The molecule has 4 N–H and O–H groups in total. The Kier molecular flexibility index (Phi) is 1.93. The Morgan fingerprint density at radius 3 is 2.25 bits per heavy atom. The van der Waals surface area contributed by atoms with Gasteiger partial charge in [-0.15, -0.1) is 3.89 Å². The van der Waals surface area contributed by atoms with Crippen molar-refractivity contribution < 1.29 is 12.3 Å². The van der Waals surface area contributed by atoms with Gasteiger partial charge in [0.15, 0.2) is 0 Å². The molecule has 0 bridgehead atoms. The van der Waals surface area contributed by atoms with Gasteiger partial charge < -0.3 is 11.5 Å². The lowest BCUT2D eigenvalue weighted by molar-refractivity contribution is 0.552. The van der Waals surface area contributed by atoms with E-state index in [2.05, 4.69) is 0 Å². The molecule has 1 rings (SSSR count). The Labute approximate surface area is 69.2 Å². The average Bonchev–Trinajstić information content (AvgIpc) is 1.83. The zero-order valence-corrected chi connectivity index (χ0v) is 6.81. The summed E-state index contributed by atoms with van der Waals surface area (Å²) in [5.74, 6) is 0. The lowest BCUT2D eigenvalue weighted by Gasteiger charge is -2.00. The lowest BCUT2D eigenvalue weighted by atomic mass is 10.3. The van der Waals surface area contributed by atoms with E-state index in [0.29, 0.717) is 5.69 Å². The fraction of sp³-hybridized carbons (Fsp3) is 0. The number of benzene rings is 1. The van der Waals surface area contributed by atoms with Crippen molar-refractivity contribution in [2.24, 2.45) is 0 Å². The second kappa shape index (κ2) is 2.63. The average molecular weight is 190 g/mol. The van der Waals surface area contributed by atoms with Gasteiger partial charge >= 0.3 is 10.2 Å².